The third-order valence-electron chi connectivity index (χ3n) is 1.91. The quantitative estimate of drug-likeness (QED) is 0.463. The summed E-state index contributed by atoms with van der Waals surface area (Å²) >= 11 is 1.29. The number of hydrogen-bond donors (Lipinski definition) is 0. The van der Waals surface area contributed by atoms with Gasteiger partial charge in [-0.3, -0.25) is 10.1 Å². The van der Waals surface area contributed by atoms with Crippen molar-refractivity contribution in [2.75, 3.05) is 6.26 Å². The Balaban J connectivity index is 2.50. The lowest BCUT2D eigenvalue weighted by Gasteiger charge is -1.96. The zero-order valence-electron chi connectivity index (χ0n) is 8.28. The molecule has 0 amide bonds. The van der Waals surface area contributed by atoms with Gasteiger partial charge in [0.05, 0.1) is 4.92 Å². The van der Waals surface area contributed by atoms with Gasteiger partial charge in [0, 0.05) is 6.07 Å². The summed E-state index contributed by atoms with van der Waals surface area (Å²) in [6.07, 6.45) is 1.79. The van der Waals surface area contributed by atoms with E-state index in [1.165, 1.54) is 17.8 Å². The molecule has 0 radical (unpaired) electrons. The molecule has 82 valence electrons. The molecule has 0 spiro atoms. The molecule has 0 aliphatic rings. The molecule has 0 N–H and O–H groups in total. The van der Waals surface area contributed by atoms with E-state index in [4.69, 9.17) is 4.42 Å². The van der Waals surface area contributed by atoms with Gasteiger partial charge in [0.2, 0.25) is 0 Å². The molecule has 0 aliphatic carbocycles. The fraction of sp³-hybridized carbons (Fsp3) is 0.111. The SMILES string of the molecule is CSc1nnc(-c2ccccc2[N+](=O)[O-])o1. The van der Waals surface area contributed by atoms with E-state index in [9.17, 15) is 10.1 Å². The Bertz CT molecular complexity index is 526. The first-order chi connectivity index (χ1) is 7.72. The topological polar surface area (TPSA) is 82.1 Å². The van der Waals surface area contributed by atoms with Crippen LogP contribution in [-0.2, 0) is 0 Å². The number of rotatable bonds is 3. The lowest BCUT2D eigenvalue weighted by atomic mass is 10.2. The standard InChI is InChI=1S/C9H7N3O3S/c1-16-9-11-10-8(15-9)6-4-2-3-5-7(6)12(13)14/h2-5H,1H3. The van der Waals surface area contributed by atoms with Crippen LogP contribution in [0, 0.1) is 10.1 Å². The highest BCUT2D eigenvalue weighted by molar-refractivity contribution is 7.98. The maximum Gasteiger partial charge on any atom is 0.282 e. The largest absolute Gasteiger partial charge is 0.411 e. The minimum atomic E-state index is -0.474. The Morgan fingerprint density at radius 2 is 2.12 bits per heavy atom. The van der Waals surface area contributed by atoms with Crippen LogP contribution in [0.15, 0.2) is 33.9 Å². The number of aromatic nitrogens is 2. The summed E-state index contributed by atoms with van der Waals surface area (Å²) in [6.45, 7) is 0. The first-order valence-corrected chi connectivity index (χ1v) is 5.56. The number of nitro groups is 1. The molecule has 0 bridgehead atoms. The average Bonchev–Trinajstić information content (AvgIpc) is 2.77. The Kier molecular flexibility index (Phi) is 2.86. The first kappa shape index (κ1) is 10.6. The molecule has 0 saturated heterocycles. The third-order valence-corrected chi connectivity index (χ3v) is 2.43. The van der Waals surface area contributed by atoms with Crippen molar-refractivity contribution in [3.63, 3.8) is 0 Å². The smallest absolute Gasteiger partial charge is 0.282 e. The van der Waals surface area contributed by atoms with Crippen LogP contribution < -0.4 is 0 Å². The molecular weight excluding hydrogens is 230 g/mol. The van der Waals surface area contributed by atoms with Gasteiger partial charge in [-0.25, -0.2) is 0 Å². The Hall–Kier alpha value is -1.89. The molecule has 2 aromatic rings. The fourth-order valence-electron chi connectivity index (χ4n) is 1.21. The van der Waals surface area contributed by atoms with Gasteiger partial charge in [-0.05, 0) is 12.3 Å². The van der Waals surface area contributed by atoms with Crippen LogP contribution in [0.5, 0.6) is 0 Å². The number of nitrogens with zero attached hydrogens (tertiary/aromatic N) is 3. The number of para-hydroxylation sites is 1. The van der Waals surface area contributed by atoms with Crippen LogP contribution in [-0.4, -0.2) is 21.4 Å². The van der Waals surface area contributed by atoms with E-state index in [1.54, 1.807) is 24.5 Å². The van der Waals surface area contributed by atoms with Gasteiger partial charge in [0.15, 0.2) is 0 Å². The highest BCUT2D eigenvalue weighted by Gasteiger charge is 2.19. The average molecular weight is 237 g/mol. The maximum atomic E-state index is 10.8. The molecule has 6 nitrogen and oxygen atoms in total. The molecule has 7 heteroatoms. The molecule has 0 atom stereocenters. The van der Waals surface area contributed by atoms with E-state index < -0.39 is 4.92 Å². The highest BCUT2D eigenvalue weighted by atomic mass is 32.2. The van der Waals surface area contributed by atoms with Crippen molar-refractivity contribution in [3.05, 3.63) is 34.4 Å². The van der Waals surface area contributed by atoms with Crippen LogP contribution >= 0.6 is 11.8 Å². The zero-order valence-corrected chi connectivity index (χ0v) is 9.10. The maximum absolute atomic E-state index is 10.8. The van der Waals surface area contributed by atoms with Gasteiger partial charge in [-0.15, -0.1) is 10.2 Å². The van der Waals surface area contributed by atoms with Crippen LogP contribution in [0.2, 0.25) is 0 Å². The Labute approximate surface area is 94.8 Å². The Morgan fingerprint density at radius 3 is 2.75 bits per heavy atom. The number of nitro benzene ring substituents is 1. The molecule has 0 fully saturated rings. The van der Waals surface area contributed by atoms with Crippen molar-refractivity contribution in [1.29, 1.82) is 0 Å². The van der Waals surface area contributed by atoms with Gasteiger partial charge < -0.3 is 4.42 Å². The molecule has 1 aromatic carbocycles. The summed E-state index contributed by atoms with van der Waals surface area (Å²) in [5, 5.41) is 18.7. The van der Waals surface area contributed by atoms with Crippen LogP contribution in [0.1, 0.15) is 0 Å². The van der Waals surface area contributed by atoms with E-state index >= 15 is 0 Å². The zero-order chi connectivity index (χ0) is 11.5. The second-order valence-corrected chi connectivity index (χ2v) is 3.61. The minimum absolute atomic E-state index is 0.0428. The van der Waals surface area contributed by atoms with E-state index in [-0.39, 0.29) is 11.6 Å². The van der Waals surface area contributed by atoms with Crippen molar-refractivity contribution in [1.82, 2.24) is 10.2 Å². The molecule has 2 rings (SSSR count). The van der Waals surface area contributed by atoms with Gasteiger partial charge in [-0.2, -0.15) is 0 Å². The highest BCUT2D eigenvalue weighted by Crippen LogP contribution is 2.29. The van der Waals surface area contributed by atoms with Gasteiger partial charge in [0.25, 0.3) is 16.8 Å². The lowest BCUT2D eigenvalue weighted by Crippen LogP contribution is -1.91. The molecular formula is C9H7N3O3S. The van der Waals surface area contributed by atoms with Crippen molar-refractivity contribution in [2.24, 2.45) is 0 Å². The molecule has 1 aromatic heterocycles. The Morgan fingerprint density at radius 1 is 1.38 bits per heavy atom. The van der Waals surface area contributed by atoms with Gasteiger partial charge in [0.1, 0.15) is 5.56 Å². The van der Waals surface area contributed by atoms with E-state index in [0.717, 1.165) is 0 Å². The summed E-state index contributed by atoms with van der Waals surface area (Å²) in [7, 11) is 0. The second kappa shape index (κ2) is 4.31. The van der Waals surface area contributed by atoms with Crippen LogP contribution in [0.3, 0.4) is 0 Å². The fourth-order valence-corrected chi connectivity index (χ4v) is 1.50. The summed E-state index contributed by atoms with van der Waals surface area (Å²) < 4.78 is 5.25. The predicted octanol–water partition coefficient (Wildman–Crippen LogP) is 2.37. The van der Waals surface area contributed by atoms with Crippen molar-refractivity contribution in [2.45, 2.75) is 5.22 Å². The molecule has 0 unspecified atom stereocenters. The lowest BCUT2D eigenvalue weighted by molar-refractivity contribution is -0.384. The predicted molar refractivity (Wildman–Crippen MR) is 58.2 cm³/mol. The van der Waals surface area contributed by atoms with E-state index in [2.05, 4.69) is 10.2 Å². The number of benzene rings is 1. The minimum Gasteiger partial charge on any atom is -0.411 e. The van der Waals surface area contributed by atoms with Crippen molar-refractivity contribution >= 4 is 17.4 Å². The van der Waals surface area contributed by atoms with Crippen LogP contribution in [0.4, 0.5) is 5.69 Å². The molecule has 0 aliphatic heterocycles. The summed E-state index contributed by atoms with van der Waals surface area (Å²) in [5.41, 5.74) is 0.291. The van der Waals surface area contributed by atoms with Crippen LogP contribution in [0.25, 0.3) is 11.5 Å². The van der Waals surface area contributed by atoms with Gasteiger partial charge in [-0.1, -0.05) is 23.9 Å². The molecule has 1 heterocycles. The van der Waals surface area contributed by atoms with E-state index in [1.807, 2.05) is 0 Å². The van der Waals surface area contributed by atoms with E-state index in [0.29, 0.717) is 10.8 Å². The molecule has 16 heavy (non-hydrogen) atoms. The van der Waals surface area contributed by atoms with Crippen molar-refractivity contribution in [3.8, 4) is 11.5 Å². The molecule has 0 saturated carbocycles. The summed E-state index contributed by atoms with van der Waals surface area (Å²) in [4.78, 5) is 10.3. The normalized spacial score (nSPS) is 10.3. The monoisotopic (exact) mass is 237 g/mol. The first-order valence-electron chi connectivity index (χ1n) is 4.33. The summed E-state index contributed by atoms with van der Waals surface area (Å²) in [6, 6.07) is 6.26. The third kappa shape index (κ3) is 1.89. The van der Waals surface area contributed by atoms with Crippen molar-refractivity contribution < 1.29 is 9.34 Å². The van der Waals surface area contributed by atoms with Gasteiger partial charge >= 0.3 is 0 Å². The second-order valence-electron chi connectivity index (χ2n) is 2.85. The number of thioether (sulfide) groups is 1. The number of hydrogen-bond acceptors (Lipinski definition) is 6. The summed E-state index contributed by atoms with van der Waals surface area (Å²) in [5.74, 6) is 0.164.